The predicted molar refractivity (Wildman–Crippen MR) is 237 cm³/mol. The summed E-state index contributed by atoms with van der Waals surface area (Å²) >= 11 is 1.60. The van der Waals surface area contributed by atoms with Crippen LogP contribution in [0.1, 0.15) is 220 Å². The van der Waals surface area contributed by atoms with Gasteiger partial charge < -0.3 is 19.4 Å². The van der Waals surface area contributed by atoms with Gasteiger partial charge in [-0.05, 0) is 50.7 Å². The van der Waals surface area contributed by atoms with Crippen LogP contribution in [-0.4, -0.2) is 58.2 Å². The Labute approximate surface area is 349 Å². The number of ether oxygens (including phenoxy) is 2. The first-order valence-electron chi connectivity index (χ1n) is 23.7. The Morgan fingerprint density at radius 3 is 1.62 bits per heavy atom. The fourth-order valence-electron chi connectivity index (χ4n) is 7.20. The lowest BCUT2D eigenvalue weighted by Crippen LogP contribution is -2.38. The van der Waals surface area contributed by atoms with Crippen molar-refractivity contribution in [1.82, 2.24) is 14.9 Å². The van der Waals surface area contributed by atoms with Gasteiger partial charge in [-0.3, -0.25) is 14.4 Å². The van der Waals surface area contributed by atoms with Gasteiger partial charge in [-0.25, -0.2) is 4.98 Å². The topological polar surface area (TPSA) is 99.5 Å². The summed E-state index contributed by atoms with van der Waals surface area (Å²) < 4.78 is 13.7. The van der Waals surface area contributed by atoms with Gasteiger partial charge >= 0.3 is 11.9 Å². The molecule has 0 bridgehead atoms. The molecule has 0 aliphatic rings. The van der Waals surface area contributed by atoms with Gasteiger partial charge in [0, 0.05) is 31.2 Å². The second-order valence-electron chi connectivity index (χ2n) is 16.1. The summed E-state index contributed by atoms with van der Waals surface area (Å²) in [7, 11) is 0. The van der Waals surface area contributed by atoms with Gasteiger partial charge in [-0.15, -0.1) is 0 Å². The highest BCUT2D eigenvalue weighted by atomic mass is 32.2. The molecule has 0 fully saturated rings. The Morgan fingerprint density at radius 1 is 0.625 bits per heavy atom. The van der Waals surface area contributed by atoms with Crippen molar-refractivity contribution >= 4 is 29.6 Å². The average Bonchev–Trinajstić information content (AvgIpc) is 3.72. The molecule has 1 aromatic rings. The zero-order chi connectivity index (χ0) is 40.6. The SMILES string of the molecule is CCCCCCCCCCCCCCCCOC(=O)CCSCCC(C(=O)NCCCn1ccnc1)C(=O)OC(CCCCCCCC)CCCCCCCC. The van der Waals surface area contributed by atoms with Crippen molar-refractivity contribution < 1.29 is 23.9 Å². The van der Waals surface area contributed by atoms with Crippen LogP contribution in [0.4, 0.5) is 0 Å². The molecule has 326 valence electrons. The zero-order valence-electron chi connectivity index (χ0n) is 36.7. The van der Waals surface area contributed by atoms with E-state index in [1.165, 1.54) is 128 Å². The number of unbranched alkanes of at least 4 members (excludes halogenated alkanes) is 23. The summed E-state index contributed by atoms with van der Waals surface area (Å²) in [6.45, 7) is 8.47. The van der Waals surface area contributed by atoms with Crippen molar-refractivity contribution in [2.45, 2.75) is 232 Å². The summed E-state index contributed by atoms with van der Waals surface area (Å²) in [5, 5.41) is 3.01. The molecular weight excluding hydrogens is 719 g/mol. The number of hydrogen-bond acceptors (Lipinski definition) is 7. The van der Waals surface area contributed by atoms with E-state index in [4.69, 9.17) is 9.47 Å². The van der Waals surface area contributed by atoms with Crippen molar-refractivity contribution in [3.8, 4) is 0 Å². The van der Waals surface area contributed by atoms with Crippen LogP contribution in [0.15, 0.2) is 18.7 Å². The van der Waals surface area contributed by atoms with Crippen LogP contribution >= 0.6 is 11.8 Å². The second kappa shape index (κ2) is 39.8. The number of nitrogens with one attached hydrogen (secondary N) is 1. The molecule has 0 saturated heterocycles. The van der Waals surface area contributed by atoms with Crippen LogP contribution in [0.2, 0.25) is 0 Å². The molecule has 1 aromatic heterocycles. The molecule has 1 rings (SSSR count). The van der Waals surface area contributed by atoms with Crippen molar-refractivity contribution in [3.05, 3.63) is 18.7 Å². The zero-order valence-corrected chi connectivity index (χ0v) is 37.5. The molecule has 0 aliphatic heterocycles. The van der Waals surface area contributed by atoms with Crippen molar-refractivity contribution in [1.29, 1.82) is 0 Å². The Balaban J connectivity index is 2.44. The number of aromatic nitrogens is 2. The Bertz CT molecular complexity index is 1010. The average molecular weight is 806 g/mol. The minimum atomic E-state index is -0.848. The number of rotatable bonds is 42. The van der Waals surface area contributed by atoms with Crippen LogP contribution < -0.4 is 5.32 Å². The lowest BCUT2D eigenvalue weighted by atomic mass is 10.0. The van der Waals surface area contributed by atoms with Gasteiger partial charge in [0.05, 0.1) is 19.4 Å². The predicted octanol–water partition coefficient (Wildman–Crippen LogP) is 13.0. The lowest BCUT2D eigenvalue weighted by molar-refractivity contribution is -0.158. The van der Waals surface area contributed by atoms with E-state index in [1.807, 2.05) is 10.8 Å². The maximum absolute atomic E-state index is 13.7. The third kappa shape index (κ3) is 32.0. The molecule has 56 heavy (non-hydrogen) atoms. The molecule has 9 heteroatoms. The largest absolute Gasteiger partial charge is 0.466 e. The molecule has 1 amide bonds. The number of nitrogens with zero attached hydrogens (tertiary/aromatic N) is 2. The summed E-state index contributed by atoms with van der Waals surface area (Å²) in [4.78, 5) is 43.6. The molecule has 0 saturated carbocycles. The van der Waals surface area contributed by atoms with Crippen molar-refractivity contribution in [2.24, 2.45) is 5.92 Å². The minimum Gasteiger partial charge on any atom is -0.466 e. The number of amides is 1. The minimum absolute atomic E-state index is 0.140. The molecule has 1 atom stereocenters. The number of imidazole rings is 1. The lowest BCUT2D eigenvalue weighted by Gasteiger charge is -2.22. The molecular formula is C47H87N3O5S. The molecule has 1 unspecified atom stereocenters. The van der Waals surface area contributed by atoms with E-state index in [0.29, 0.717) is 37.5 Å². The number of thioether (sulfide) groups is 1. The summed E-state index contributed by atoms with van der Waals surface area (Å²) in [5.74, 6) is -0.442. The number of aryl methyl sites for hydroxylation is 1. The quantitative estimate of drug-likeness (QED) is 0.0399. The normalized spacial score (nSPS) is 11.9. The van der Waals surface area contributed by atoms with Gasteiger partial charge in [-0.2, -0.15) is 11.8 Å². The fraction of sp³-hybridized carbons (Fsp3) is 0.872. The van der Waals surface area contributed by atoms with Gasteiger partial charge in [0.15, 0.2) is 0 Å². The molecule has 0 aromatic carbocycles. The number of esters is 2. The number of carbonyl (C=O) groups is 3. The second-order valence-corrected chi connectivity index (χ2v) is 17.4. The first-order valence-corrected chi connectivity index (χ1v) is 24.8. The number of hydrogen-bond donors (Lipinski definition) is 1. The number of carbonyl (C=O) groups excluding carboxylic acids is 3. The van der Waals surface area contributed by atoms with Gasteiger partial charge in [-0.1, -0.05) is 168 Å². The first kappa shape index (κ1) is 52.0. The summed E-state index contributed by atoms with van der Waals surface area (Å²) in [6, 6.07) is 0. The highest BCUT2D eigenvalue weighted by Crippen LogP contribution is 2.21. The Hall–Kier alpha value is -2.03. The van der Waals surface area contributed by atoms with E-state index in [0.717, 1.165) is 64.3 Å². The smallest absolute Gasteiger partial charge is 0.318 e. The van der Waals surface area contributed by atoms with E-state index in [9.17, 15) is 14.4 Å². The van der Waals surface area contributed by atoms with Gasteiger partial charge in [0.1, 0.15) is 12.0 Å². The van der Waals surface area contributed by atoms with Crippen LogP contribution in [-0.2, 0) is 30.4 Å². The van der Waals surface area contributed by atoms with E-state index < -0.39 is 11.9 Å². The van der Waals surface area contributed by atoms with Crippen LogP contribution in [0, 0.1) is 5.92 Å². The highest BCUT2D eigenvalue weighted by Gasteiger charge is 2.30. The first-order chi connectivity index (χ1) is 27.5. The van der Waals surface area contributed by atoms with E-state index >= 15 is 0 Å². The maximum Gasteiger partial charge on any atom is 0.318 e. The molecule has 0 spiro atoms. The maximum atomic E-state index is 13.7. The summed E-state index contributed by atoms with van der Waals surface area (Å²) in [5.41, 5.74) is 0. The third-order valence-corrected chi connectivity index (χ3v) is 11.9. The molecule has 1 heterocycles. The Kier molecular flexibility index (Phi) is 36.9. The fourth-order valence-corrected chi connectivity index (χ4v) is 8.12. The van der Waals surface area contributed by atoms with Gasteiger partial charge in [0.2, 0.25) is 5.91 Å². The summed E-state index contributed by atoms with van der Waals surface area (Å²) in [6.07, 6.45) is 41.1. The monoisotopic (exact) mass is 806 g/mol. The van der Waals surface area contributed by atoms with E-state index in [1.54, 1.807) is 24.3 Å². The molecule has 0 aliphatic carbocycles. The van der Waals surface area contributed by atoms with Crippen molar-refractivity contribution in [2.75, 3.05) is 24.7 Å². The van der Waals surface area contributed by atoms with Gasteiger partial charge in [0.25, 0.3) is 0 Å². The highest BCUT2D eigenvalue weighted by molar-refractivity contribution is 7.99. The van der Waals surface area contributed by atoms with Crippen LogP contribution in [0.5, 0.6) is 0 Å². The standard InChI is InChI=1S/C47H87N3O5S/c1-4-7-10-13-16-17-18-19-20-21-22-23-26-29-39-54-45(51)34-41-56-40-33-44(46(52)49-35-30-37-50-38-36-48-42-50)47(53)55-43(31-27-24-14-11-8-5-2)32-28-25-15-12-9-6-3/h36,38,42-44H,4-35,37,39-41H2,1-3H3,(H,49,52). The van der Waals surface area contributed by atoms with Crippen LogP contribution in [0.3, 0.4) is 0 Å². The molecule has 8 nitrogen and oxygen atoms in total. The van der Waals surface area contributed by atoms with E-state index in [2.05, 4.69) is 31.1 Å². The molecule has 0 radical (unpaired) electrons. The molecule has 1 N–H and O–H groups in total. The van der Waals surface area contributed by atoms with Crippen molar-refractivity contribution in [3.63, 3.8) is 0 Å². The van der Waals surface area contributed by atoms with E-state index in [-0.39, 0.29) is 18.0 Å². The third-order valence-electron chi connectivity index (χ3n) is 10.9. The van der Waals surface area contributed by atoms with Crippen LogP contribution in [0.25, 0.3) is 0 Å². The Morgan fingerprint density at radius 2 is 1.12 bits per heavy atom.